The van der Waals surface area contributed by atoms with Crippen molar-refractivity contribution in [1.82, 2.24) is 74.1 Å². The monoisotopic (exact) mass is 1870 g/mol. The maximum absolute atomic E-state index is 16.0. The lowest BCUT2D eigenvalue weighted by Crippen LogP contribution is -2.67. The van der Waals surface area contributed by atoms with Gasteiger partial charge >= 0.3 is 0 Å². The Morgan fingerprint density at radius 2 is 1.14 bits per heavy atom. The van der Waals surface area contributed by atoms with E-state index in [1.54, 1.807) is 79.0 Å². The summed E-state index contributed by atoms with van der Waals surface area (Å²) in [6.07, 6.45) is 7.96. The molecule has 27 N–H and O–H groups in total. The van der Waals surface area contributed by atoms with Crippen molar-refractivity contribution >= 4 is 134 Å². The number of aliphatic hydroxyl groups is 1. The molecule has 4 fully saturated rings. The van der Waals surface area contributed by atoms with Crippen molar-refractivity contribution in [3.63, 3.8) is 0 Å². The first-order valence-electron chi connectivity index (χ1n) is 45.7. The molecule has 2 aliphatic carbocycles. The molecule has 724 valence electrons. The summed E-state index contributed by atoms with van der Waals surface area (Å²) in [6, 6.07) is 7.51. The quantitative estimate of drug-likeness (QED) is 0.0202. The highest BCUT2D eigenvalue weighted by atomic mass is 32.2. The lowest BCUT2D eigenvalue weighted by molar-refractivity contribution is -0.141. The van der Waals surface area contributed by atoms with E-state index >= 15 is 33.6 Å². The van der Waals surface area contributed by atoms with Gasteiger partial charge in [-0.15, -0.1) is 0 Å². The average molecular weight is 1870 g/mol. The zero-order chi connectivity index (χ0) is 96.3. The summed E-state index contributed by atoms with van der Waals surface area (Å²) >= 11 is 0.939. The van der Waals surface area contributed by atoms with E-state index in [2.05, 4.69) is 74.1 Å². The zero-order valence-electron chi connectivity index (χ0n) is 75.3. The predicted octanol–water partition coefficient (Wildman–Crippen LogP) is -1.33. The number of unbranched alkanes of at least 4 members (excludes halogenated alkanes) is 1. The molecule has 17 amide bonds. The molecule has 4 aliphatic rings. The fraction of sp³-hybridized carbons (Fsp3) is 0.554. The summed E-state index contributed by atoms with van der Waals surface area (Å²) in [4.78, 5) is 245. The number of aromatic nitrogens is 1. The van der Waals surface area contributed by atoms with Gasteiger partial charge in [0.25, 0.3) is 0 Å². The minimum absolute atomic E-state index is 0.0816. The fourth-order valence-electron chi connectivity index (χ4n) is 17.3. The summed E-state index contributed by atoms with van der Waals surface area (Å²) in [5.74, 6) is -16.3. The van der Waals surface area contributed by atoms with Gasteiger partial charge in [0.05, 0.1) is 18.9 Å². The van der Waals surface area contributed by atoms with Crippen LogP contribution >= 0.6 is 11.8 Å². The normalized spacial score (nSPS) is 21.7. The first-order chi connectivity index (χ1) is 63.6. The van der Waals surface area contributed by atoms with E-state index in [4.69, 9.17) is 43.9 Å². The van der Waals surface area contributed by atoms with Gasteiger partial charge < -0.3 is 123 Å². The Labute approximate surface area is 775 Å². The number of aromatic amines is 1. The highest BCUT2D eigenvalue weighted by Crippen LogP contribution is 2.38. The van der Waals surface area contributed by atoms with E-state index in [1.165, 1.54) is 44.9 Å². The second-order valence-corrected chi connectivity index (χ2v) is 36.1. The van der Waals surface area contributed by atoms with Crippen molar-refractivity contribution in [2.75, 3.05) is 44.4 Å². The number of aliphatic hydroxyl groups excluding tert-OH is 1. The third-order valence-corrected chi connectivity index (χ3v) is 25.7. The van der Waals surface area contributed by atoms with Crippen LogP contribution in [0.2, 0.25) is 0 Å². The van der Waals surface area contributed by atoms with Crippen LogP contribution in [-0.2, 0) is 106 Å². The second-order valence-electron chi connectivity index (χ2n) is 34.9. The topological polar surface area (TPSA) is 657 Å². The molecule has 2 aliphatic heterocycles. The number of carbonyl (C=O) groups excluding carboxylic acids is 17. The molecule has 2 saturated carbocycles. The van der Waals surface area contributed by atoms with Crippen LogP contribution in [0.4, 0.5) is 0 Å². The number of hydrogen-bond acceptors (Lipinski definition) is 23. The van der Waals surface area contributed by atoms with Gasteiger partial charge in [-0.3, -0.25) is 81.5 Å². The van der Waals surface area contributed by atoms with Gasteiger partial charge in [-0.05, 0) is 128 Å². The lowest BCUT2D eigenvalue weighted by atomic mass is 9.73. The van der Waals surface area contributed by atoms with Crippen LogP contribution in [0.15, 0.2) is 97.2 Å². The summed E-state index contributed by atoms with van der Waals surface area (Å²) in [6.45, 7) is 2.82. The van der Waals surface area contributed by atoms with Gasteiger partial charge in [0, 0.05) is 101 Å². The van der Waals surface area contributed by atoms with E-state index < -0.39 is 223 Å². The second kappa shape index (κ2) is 52.2. The number of fused-ring (bicyclic) bond motifs is 2. The third kappa shape index (κ3) is 33.1. The summed E-state index contributed by atoms with van der Waals surface area (Å²) in [5, 5.41) is 48.6. The number of nitrogens with two attached hydrogens (primary N) is 6. The predicted molar refractivity (Wildman–Crippen MR) is 493 cm³/mol. The Bertz CT molecular complexity index is 4890. The van der Waals surface area contributed by atoms with E-state index in [-0.39, 0.29) is 83.1 Å². The van der Waals surface area contributed by atoms with E-state index in [9.17, 15) is 53.1 Å². The van der Waals surface area contributed by atoms with E-state index in [0.29, 0.717) is 64.6 Å². The van der Waals surface area contributed by atoms with Crippen LogP contribution in [0, 0.1) is 11.8 Å². The van der Waals surface area contributed by atoms with Gasteiger partial charge in [0.2, 0.25) is 100 Å². The van der Waals surface area contributed by atoms with Crippen molar-refractivity contribution in [3.05, 3.63) is 114 Å². The van der Waals surface area contributed by atoms with Gasteiger partial charge in [0.15, 0.2) is 0 Å². The first-order valence-corrected chi connectivity index (χ1v) is 46.9. The molecule has 133 heavy (non-hydrogen) atoms. The molecule has 0 radical (unpaired) electrons. The molecular weight excluding hydrogens is 1740 g/mol. The van der Waals surface area contributed by atoms with Gasteiger partial charge in [-0.25, -0.2) is 0 Å². The molecule has 14 unspecified atom stereocenters. The number of amides is 17. The van der Waals surface area contributed by atoms with Crippen LogP contribution < -0.4 is 108 Å². The number of para-hydroxylation sites is 1. The minimum Gasteiger partial charge on any atom is -0.492 e. The summed E-state index contributed by atoms with van der Waals surface area (Å²) in [7, 11) is 0. The number of nitrogens with one attached hydrogen (secondary N) is 14. The number of carbonyl (C=O) groups is 17. The van der Waals surface area contributed by atoms with Gasteiger partial charge in [0.1, 0.15) is 84.4 Å². The number of ether oxygens (including phenoxy) is 2. The van der Waals surface area contributed by atoms with Crippen molar-refractivity contribution in [2.45, 2.75) is 265 Å². The highest BCUT2D eigenvalue weighted by molar-refractivity contribution is 7.99. The molecule has 0 spiro atoms. The van der Waals surface area contributed by atoms with Crippen molar-refractivity contribution < 1.29 is 96.1 Å². The van der Waals surface area contributed by atoms with Gasteiger partial charge in [-0.2, -0.15) is 11.8 Å². The van der Waals surface area contributed by atoms with Crippen LogP contribution in [0.3, 0.4) is 0 Å². The van der Waals surface area contributed by atoms with Crippen molar-refractivity contribution in [2.24, 2.45) is 46.2 Å². The molecule has 2 saturated heterocycles. The Balaban J connectivity index is 1.07. The lowest BCUT2D eigenvalue weighted by Gasteiger charge is -2.38. The Morgan fingerprint density at radius 1 is 0.571 bits per heavy atom. The molecule has 14 atom stereocenters. The third-order valence-electron chi connectivity index (χ3n) is 24.6. The largest absolute Gasteiger partial charge is 0.492 e. The molecule has 9 rings (SSSR count). The Morgan fingerprint density at radius 3 is 1.80 bits per heavy atom. The van der Waals surface area contributed by atoms with Crippen LogP contribution in [-0.4, -0.2) is 239 Å². The van der Waals surface area contributed by atoms with Crippen molar-refractivity contribution in [1.29, 1.82) is 0 Å². The molecule has 41 heteroatoms. The number of hydrogen-bond donors (Lipinski definition) is 21. The molecule has 4 aromatic carbocycles. The minimum atomic E-state index is -1.96. The van der Waals surface area contributed by atoms with E-state index in [1.807, 2.05) is 18.2 Å². The van der Waals surface area contributed by atoms with Gasteiger partial charge in [-0.1, -0.05) is 131 Å². The maximum Gasteiger partial charge on any atom is 0.246 e. The first kappa shape index (κ1) is 104. The van der Waals surface area contributed by atoms with E-state index in [0.717, 1.165) is 62.1 Å². The Hall–Kier alpha value is -12.3. The highest BCUT2D eigenvalue weighted by Gasteiger charge is 2.46. The fourth-order valence-corrected chi connectivity index (χ4v) is 18.4. The number of primary amides is 5. The number of benzene rings is 4. The molecule has 40 nitrogen and oxygen atoms in total. The standard InChI is InChI=1S/C92H130N20O20S/c1-52(113)79-90(129)108-72(47-60-50-100-64-22-12-11-21-63(60)64)86(125)103-66(30-32-75(94)115)82(121)109-74(51-133-42-34-68(101-53(2)114)83(122)102-67(84(123)111-79)31-33-76(95)116)88(127)105-70(44-54-25-28-62(29-26-54)132-41-37-93)85(124)106-71(45-55-24-27-57-17-9-10-19-58(57)43-55)89(128)112-92(35-39-131-40-36-92)91(130)110-65(81(120)107-73(49-78(97)118)87(126)104-69(80(98)119)48-77(96)117)23-13-14-38-99-61-20-8-4-7-18-59(46-61)56-15-5-3-6-16-56/h9-12,17,19,21-22,24-29,43,50,52,56,59,61,65-74,79,99-100,113H,3-8,13-16,18,20,23,30-42,44-49,51,93H2,1-2H3,(H2,94,115)(H2,95,116)(H2,96,117)(H2,97,118)(H2,98,119)(H,101,114)(H,102,122)(H,103,125)(H,104,126)(H,105,127)(H,106,124)(H,107,120)(H,108,129)(H,109,121)(H,110,130)(H,111,123)(H,112,128). The van der Waals surface area contributed by atoms with Crippen molar-refractivity contribution in [3.8, 4) is 5.75 Å². The zero-order valence-corrected chi connectivity index (χ0v) is 76.1. The SMILES string of the molecule is CC(=O)NC1CCSCC(C(=O)NC(Cc2ccc(OCCN)cc2)C(=O)NC(Cc2ccc3ccccc3c2)C(=O)NC2(C(=O)NC(CCCCNC3CCCCCC(C4CCCCC4)C3)C(=O)NC(CC(N)=O)C(=O)NC(CC(N)=O)C(N)=O)CCOCC2)NC(=O)C(CCC(N)=O)NC(=O)C(Cc2c[nH]c3ccccc23)NC(=O)C(C(C)O)NC(=O)C(CCC(N)=O)NC1=O. The van der Waals surface area contributed by atoms with Crippen LogP contribution in [0.5, 0.6) is 5.75 Å². The summed E-state index contributed by atoms with van der Waals surface area (Å²) in [5.41, 5.74) is 33.5. The number of thioether (sulfide) groups is 1. The maximum atomic E-state index is 16.0. The average Bonchev–Trinajstić information content (AvgIpc) is 1.81. The molecule has 5 aromatic rings. The number of H-pyrrole nitrogens is 1. The molecule has 1 aromatic heterocycles. The smallest absolute Gasteiger partial charge is 0.246 e. The molecule has 0 bridgehead atoms. The summed E-state index contributed by atoms with van der Waals surface area (Å²) < 4.78 is 11.6. The molecular formula is C92H130N20O20S. The van der Waals surface area contributed by atoms with Crippen LogP contribution in [0.1, 0.15) is 178 Å². The van der Waals surface area contributed by atoms with Crippen LogP contribution in [0.25, 0.3) is 21.7 Å². The molecule has 3 heterocycles. The number of rotatable bonds is 41. The Kier molecular flexibility index (Phi) is 41.0.